The molecule has 0 atom stereocenters. The van der Waals surface area contributed by atoms with Gasteiger partial charge >= 0.3 is 0 Å². The van der Waals surface area contributed by atoms with E-state index in [1.807, 2.05) is 35.8 Å². The van der Waals surface area contributed by atoms with E-state index in [0.29, 0.717) is 11.9 Å². The van der Waals surface area contributed by atoms with Gasteiger partial charge in [-0.1, -0.05) is 30.7 Å². The van der Waals surface area contributed by atoms with Crippen LogP contribution in [0.5, 0.6) is 0 Å². The fourth-order valence-corrected chi connectivity index (χ4v) is 5.09. The van der Waals surface area contributed by atoms with Crippen molar-refractivity contribution in [1.82, 2.24) is 14.3 Å². The topological polar surface area (TPSA) is 64.0 Å². The molecule has 0 saturated carbocycles. The number of nitrogens with zero attached hydrogens (tertiary/aromatic N) is 2. The van der Waals surface area contributed by atoms with Crippen molar-refractivity contribution in [1.29, 1.82) is 0 Å². The molecule has 2 aromatic carbocycles. The summed E-state index contributed by atoms with van der Waals surface area (Å²) in [5.74, 6) is 0.840. The number of rotatable bonds is 5. The van der Waals surface area contributed by atoms with Crippen LogP contribution in [-0.2, 0) is 22.9 Å². The third-order valence-electron chi connectivity index (χ3n) is 4.31. The predicted octanol–water partition coefficient (Wildman–Crippen LogP) is 4.69. The van der Waals surface area contributed by atoms with Gasteiger partial charge in [0.05, 0.1) is 16.1 Å². The molecular formula is C21H25ClN3O2S. The van der Waals surface area contributed by atoms with Crippen molar-refractivity contribution in [3.05, 3.63) is 59.7 Å². The first kappa shape index (κ1) is 20.8. The Hall–Kier alpha value is -1.89. The zero-order chi connectivity index (χ0) is 20.7. The third-order valence-corrected chi connectivity index (χ3v) is 6.53. The molecule has 149 valence electrons. The number of sulfonamides is 1. The Morgan fingerprint density at radius 1 is 1.18 bits per heavy atom. The molecule has 0 unspecified atom stereocenters. The lowest BCUT2D eigenvalue weighted by molar-refractivity contribution is 0.491. The molecule has 0 aliphatic rings. The lowest BCUT2D eigenvalue weighted by Gasteiger charge is -2.20. The lowest BCUT2D eigenvalue weighted by atomic mass is 10.1. The monoisotopic (exact) mass is 418 g/mol. The molecule has 0 saturated heterocycles. The number of aromatic nitrogens is 2. The highest BCUT2D eigenvalue weighted by Crippen LogP contribution is 2.31. The second kappa shape index (κ2) is 7.50. The second-order valence-corrected chi connectivity index (χ2v) is 9.82. The zero-order valence-electron chi connectivity index (χ0n) is 16.6. The Bertz CT molecular complexity index is 1110. The molecule has 1 heterocycles. The molecule has 0 fully saturated rings. The van der Waals surface area contributed by atoms with Crippen molar-refractivity contribution in [3.63, 3.8) is 0 Å². The van der Waals surface area contributed by atoms with E-state index < -0.39 is 15.6 Å². The van der Waals surface area contributed by atoms with Crippen LogP contribution in [0.4, 0.5) is 0 Å². The zero-order valence-corrected chi connectivity index (χ0v) is 18.2. The number of fused-ring (bicyclic) bond motifs is 1. The van der Waals surface area contributed by atoms with Gasteiger partial charge < -0.3 is 0 Å². The smallest absolute Gasteiger partial charge is 0.242 e. The summed E-state index contributed by atoms with van der Waals surface area (Å²) < 4.78 is 30.2. The molecule has 28 heavy (non-hydrogen) atoms. The summed E-state index contributed by atoms with van der Waals surface area (Å²) in [6.07, 6.45) is 1.42. The van der Waals surface area contributed by atoms with Gasteiger partial charge in [-0.25, -0.2) is 18.1 Å². The van der Waals surface area contributed by atoms with Crippen LogP contribution in [0.3, 0.4) is 0 Å². The van der Waals surface area contributed by atoms with Crippen LogP contribution in [0.15, 0.2) is 41.3 Å². The fourth-order valence-electron chi connectivity index (χ4n) is 3.13. The molecule has 7 heteroatoms. The Balaban J connectivity index is 2.19. The molecule has 0 aliphatic heterocycles. The molecule has 0 amide bonds. The van der Waals surface area contributed by atoms with Gasteiger partial charge in [-0.05, 0) is 63.9 Å². The van der Waals surface area contributed by atoms with Gasteiger partial charge in [0.1, 0.15) is 10.7 Å². The number of hydrogen-bond acceptors (Lipinski definition) is 3. The van der Waals surface area contributed by atoms with Gasteiger partial charge in [0, 0.05) is 17.6 Å². The molecule has 1 aromatic heterocycles. The first-order valence-electron chi connectivity index (χ1n) is 9.19. The molecule has 0 spiro atoms. The molecule has 3 aromatic rings. The molecule has 1 N–H and O–H groups in total. The maximum absolute atomic E-state index is 12.8. The van der Waals surface area contributed by atoms with E-state index in [9.17, 15) is 8.42 Å². The van der Waals surface area contributed by atoms with Crippen LogP contribution < -0.4 is 4.72 Å². The SMILES string of the molecule is [CH2]Cc1ccc(-n2c(CC)nc3cc(S(=O)(=O)NC(C)(C)C)c(Cl)cc32)cc1. The van der Waals surface area contributed by atoms with Crippen molar-refractivity contribution in [2.45, 2.75) is 51.0 Å². The van der Waals surface area contributed by atoms with Crippen molar-refractivity contribution >= 4 is 32.7 Å². The number of benzene rings is 2. The number of aryl methyl sites for hydroxylation is 1. The summed E-state index contributed by atoms with van der Waals surface area (Å²) in [6.45, 7) is 11.3. The first-order chi connectivity index (χ1) is 13.1. The van der Waals surface area contributed by atoms with Crippen molar-refractivity contribution < 1.29 is 8.42 Å². The van der Waals surface area contributed by atoms with E-state index in [4.69, 9.17) is 11.6 Å². The average molecular weight is 419 g/mol. The third kappa shape index (κ3) is 4.09. The van der Waals surface area contributed by atoms with Crippen LogP contribution in [0.2, 0.25) is 5.02 Å². The minimum Gasteiger partial charge on any atom is -0.296 e. The van der Waals surface area contributed by atoms with E-state index in [0.717, 1.165) is 29.0 Å². The van der Waals surface area contributed by atoms with E-state index in [2.05, 4.69) is 16.6 Å². The minimum absolute atomic E-state index is 0.0382. The van der Waals surface area contributed by atoms with E-state index in [1.165, 1.54) is 0 Å². The number of imidazole rings is 1. The normalized spacial score (nSPS) is 12.6. The Morgan fingerprint density at radius 3 is 2.36 bits per heavy atom. The summed E-state index contributed by atoms with van der Waals surface area (Å²) in [5.41, 5.74) is 2.86. The average Bonchev–Trinajstić information content (AvgIpc) is 2.96. The van der Waals surface area contributed by atoms with Crippen molar-refractivity contribution in [2.75, 3.05) is 0 Å². The molecule has 1 radical (unpaired) electrons. The molecular weight excluding hydrogens is 394 g/mol. The Labute approximate surface area is 171 Å². The maximum atomic E-state index is 12.8. The lowest BCUT2D eigenvalue weighted by Crippen LogP contribution is -2.40. The summed E-state index contributed by atoms with van der Waals surface area (Å²) in [6, 6.07) is 11.3. The highest BCUT2D eigenvalue weighted by atomic mass is 35.5. The van der Waals surface area contributed by atoms with Gasteiger partial charge in [0.15, 0.2) is 0 Å². The van der Waals surface area contributed by atoms with Crippen LogP contribution in [0.1, 0.15) is 39.1 Å². The quantitative estimate of drug-likeness (QED) is 0.653. The molecule has 5 nitrogen and oxygen atoms in total. The van der Waals surface area contributed by atoms with Crippen LogP contribution in [0.25, 0.3) is 16.7 Å². The van der Waals surface area contributed by atoms with E-state index in [-0.39, 0.29) is 9.92 Å². The summed E-state index contributed by atoms with van der Waals surface area (Å²) in [5, 5.41) is 0.169. The molecule has 0 bridgehead atoms. The van der Waals surface area contributed by atoms with E-state index in [1.54, 1.807) is 32.9 Å². The van der Waals surface area contributed by atoms with Crippen molar-refractivity contribution in [3.8, 4) is 5.69 Å². The van der Waals surface area contributed by atoms with Crippen LogP contribution in [0, 0.1) is 6.92 Å². The largest absolute Gasteiger partial charge is 0.296 e. The Kier molecular flexibility index (Phi) is 5.58. The number of halogens is 1. The maximum Gasteiger partial charge on any atom is 0.242 e. The van der Waals surface area contributed by atoms with Gasteiger partial charge in [0.2, 0.25) is 10.0 Å². The minimum atomic E-state index is -3.76. The summed E-state index contributed by atoms with van der Waals surface area (Å²) >= 11 is 6.41. The standard InChI is InChI=1S/C21H25ClN3O2S/c1-6-14-8-10-15(11-9-14)25-18-12-16(22)19(13-17(18)23-20(25)7-2)28(26,27)24-21(3,4)5/h8-13,24H,1,6-7H2,2-5H3. The first-order valence-corrected chi connectivity index (χ1v) is 11.1. The second-order valence-electron chi connectivity index (χ2n) is 7.76. The van der Waals surface area contributed by atoms with Crippen molar-refractivity contribution in [2.24, 2.45) is 0 Å². The van der Waals surface area contributed by atoms with Gasteiger partial charge in [-0.3, -0.25) is 4.57 Å². The van der Waals surface area contributed by atoms with Crippen LogP contribution in [-0.4, -0.2) is 23.5 Å². The highest BCUT2D eigenvalue weighted by molar-refractivity contribution is 7.89. The van der Waals surface area contributed by atoms with Gasteiger partial charge in [-0.15, -0.1) is 0 Å². The number of nitrogens with one attached hydrogen (secondary N) is 1. The predicted molar refractivity (Wildman–Crippen MR) is 115 cm³/mol. The molecule has 3 rings (SSSR count). The Morgan fingerprint density at radius 2 is 1.82 bits per heavy atom. The summed E-state index contributed by atoms with van der Waals surface area (Å²) in [7, 11) is -3.76. The fraction of sp³-hybridized carbons (Fsp3) is 0.333. The van der Waals surface area contributed by atoms with Gasteiger partial charge in [0.25, 0.3) is 0 Å². The summed E-state index contributed by atoms with van der Waals surface area (Å²) in [4.78, 5) is 4.70. The highest BCUT2D eigenvalue weighted by Gasteiger charge is 2.26. The van der Waals surface area contributed by atoms with E-state index >= 15 is 0 Å². The molecule has 0 aliphatic carbocycles. The van der Waals surface area contributed by atoms with Gasteiger partial charge in [-0.2, -0.15) is 0 Å². The van der Waals surface area contributed by atoms with Crippen LogP contribution >= 0.6 is 11.6 Å². The number of hydrogen-bond donors (Lipinski definition) is 1.